The molecule has 4 nitrogen and oxygen atoms in total. The predicted molar refractivity (Wildman–Crippen MR) is 104 cm³/mol. The third-order valence-corrected chi connectivity index (χ3v) is 5.76. The first kappa shape index (κ1) is 18.2. The highest BCUT2D eigenvalue weighted by molar-refractivity contribution is 7.10. The summed E-state index contributed by atoms with van der Waals surface area (Å²) < 4.78 is 0. The number of halogens is 1. The van der Waals surface area contributed by atoms with E-state index >= 15 is 0 Å². The number of carbonyl (C=O) groups excluding carboxylic acids is 1. The van der Waals surface area contributed by atoms with E-state index in [1.165, 1.54) is 17.7 Å². The standard InChI is InChI=1S/C19H24ClN3OS/c1-22(14-15-6-4-7-16(20)12-15)19(24)21-13-17(18-8-5-11-25-18)23-9-2-3-10-23/h4-8,11-12,17H,2-3,9-10,13-14H2,1H3,(H,21,24). The summed E-state index contributed by atoms with van der Waals surface area (Å²) in [5, 5.41) is 5.90. The van der Waals surface area contributed by atoms with E-state index in [0.29, 0.717) is 18.1 Å². The molecule has 1 aliphatic rings. The van der Waals surface area contributed by atoms with Crippen molar-refractivity contribution in [2.75, 3.05) is 26.7 Å². The van der Waals surface area contributed by atoms with Gasteiger partial charge in [-0.1, -0.05) is 29.8 Å². The normalized spacial score (nSPS) is 15.9. The van der Waals surface area contributed by atoms with Crippen molar-refractivity contribution < 1.29 is 4.79 Å². The summed E-state index contributed by atoms with van der Waals surface area (Å²) in [4.78, 5) is 18.0. The molecule has 0 radical (unpaired) electrons. The first-order valence-electron chi connectivity index (χ1n) is 8.64. The van der Waals surface area contributed by atoms with Gasteiger partial charge in [0.15, 0.2) is 0 Å². The van der Waals surface area contributed by atoms with Crippen LogP contribution in [0.4, 0.5) is 4.79 Å². The number of rotatable bonds is 6. The molecule has 1 N–H and O–H groups in total. The smallest absolute Gasteiger partial charge is 0.317 e. The van der Waals surface area contributed by atoms with Crippen LogP contribution < -0.4 is 5.32 Å². The topological polar surface area (TPSA) is 35.6 Å². The van der Waals surface area contributed by atoms with Crippen molar-refractivity contribution in [1.82, 2.24) is 15.1 Å². The maximum absolute atomic E-state index is 12.5. The molecule has 1 aliphatic heterocycles. The minimum absolute atomic E-state index is 0.0549. The average molecular weight is 378 g/mol. The van der Waals surface area contributed by atoms with Gasteiger partial charge in [-0.15, -0.1) is 11.3 Å². The molecule has 1 unspecified atom stereocenters. The average Bonchev–Trinajstić information content (AvgIpc) is 3.29. The van der Waals surface area contributed by atoms with Crippen molar-refractivity contribution in [2.45, 2.75) is 25.4 Å². The molecule has 1 atom stereocenters. The van der Waals surface area contributed by atoms with Crippen LogP contribution in [-0.2, 0) is 6.54 Å². The van der Waals surface area contributed by atoms with Gasteiger partial charge in [-0.25, -0.2) is 4.79 Å². The van der Waals surface area contributed by atoms with Gasteiger partial charge in [-0.2, -0.15) is 0 Å². The zero-order valence-electron chi connectivity index (χ0n) is 14.5. The summed E-state index contributed by atoms with van der Waals surface area (Å²) in [6.07, 6.45) is 2.48. The first-order chi connectivity index (χ1) is 12.1. The molecule has 0 saturated carbocycles. The van der Waals surface area contributed by atoms with Crippen LogP contribution in [0.2, 0.25) is 5.02 Å². The van der Waals surface area contributed by atoms with Crippen LogP contribution in [0.15, 0.2) is 41.8 Å². The summed E-state index contributed by atoms with van der Waals surface area (Å²) in [5.74, 6) is 0. The molecule has 134 valence electrons. The van der Waals surface area contributed by atoms with Crippen LogP contribution in [0.5, 0.6) is 0 Å². The molecule has 0 aliphatic carbocycles. The van der Waals surface area contributed by atoms with E-state index < -0.39 is 0 Å². The molecule has 2 amide bonds. The Morgan fingerprint density at radius 2 is 2.12 bits per heavy atom. The van der Waals surface area contributed by atoms with E-state index in [1.807, 2.05) is 31.3 Å². The van der Waals surface area contributed by atoms with Crippen molar-refractivity contribution in [3.63, 3.8) is 0 Å². The number of urea groups is 1. The highest BCUT2D eigenvalue weighted by atomic mass is 35.5. The van der Waals surface area contributed by atoms with Gasteiger partial charge in [-0.05, 0) is 55.1 Å². The number of nitrogens with one attached hydrogen (secondary N) is 1. The fourth-order valence-electron chi connectivity index (χ4n) is 3.24. The van der Waals surface area contributed by atoms with Gasteiger partial charge in [0.05, 0.1) is 6.04 Å². The summed E-state index contributed by atoms with van der Waals surface area (Å²) in [6.45, 7) is 3.40. The lowest BCUT2D eigenvalue weighted by Gasteiger charge is -2.28. The Kier molecular flexibility index (Phi) is 6.34. The van der Waals surface area contributed by atoms with Crippen LogP contribution in [0.3, 0.4) is 0 Å². The van der Waals surface area contributed by atoms with E-state index in [0.717, 1.165) is 18.7 Å². The molecule has 1 fully saturated rings. The van der Waals surface area contributed by atoms with Crippen LogP contribution in [0.1, 0.15) is 29.3 Å². The fraction of sp³-hybridized carbons (Fsp3) is 0.421. The van der Waals surface area contributed by atoms with Crippen molar-refractivity contribution in [3.8, 4) is 0 Å². The summed E-state index contributed by atoms with van der Waals surface area (Å²) in [5.41, 5.74) is 1.03. The molecule has 1 saturated heterocycles. The second-order valence-electron chi connectivity index (χ2n) is 6.45. The maximum atomic E-state index is 12.5. The second-order valence-corrected chi connectivity index (χ2v) is 7.86. The second kappa shape index (κ2) is 8.70. The molecule has 0 bridgehead atoms. The van der Waals surface area contributed by atoms with Crippen LogP contribution in [-0.4, -0.2) is 42.5 Å². The molecular formula is C19H24ClN3OS. The number of nitrogens with zero attached hydrogens (tertiary/aromatic N) is 2. The highest BCUT2D eigenvalue weighted by Gasteiger charge is 2.25. The van der Waals surface area contributed by atoms with Crippen molar-refractivity contribution in [1.29, 1.82) is 0 Å². The fourth-order valence-corrected chi connectivity index (χ4v) is 4.32. The van der Waals surface area contributed by atoms with Gasteiger partial charge in [0.2, 0.25) is 0 Å². The number of hydrogen-bond donors (Lipinski definition) is 1. The van der Waals surface area contributed by atoms with E-state index in [9.17, 15) is 4.79 Å². The number of carbonyl (C=O) groups is 1. The van der Waals surface area contributed by atoms with Gasteiger partial charge >= 0.3 is 6.03 Å². The zero-order chi connectivity index (χ0) is 17.6. The molecule has 2 heterocycles. The Balaban J connectivity index is 1.57. The number of hydrogen-bond acceptors (Lipinski definition) is 3. The third-order valence-electron chi connectivity index (χ3n) is 4.56. The van der Waals surface area contributed by atoms with Gasteiger partial charge < -0.3 is 10.2 Å². The first-order valence-corrected chi connectivity index (χ1v) is 9.90. The molecule has 1 aromatic heterocycles. The number of benzene rings is 1. The number of thiophene rings is 1. The molecule has 25 heavy (non-hydrogen) atoms. The Hall–Kier alpha value is -1.56. The molecule has 2 aromatic rings. The quantitative estimate of drug-likeness (QED) is 0.810. The Morgan fingerprint density at radius 1 is 1.32 bits per heavy atom. The lowest BCUT2D eigenvalue weighted by Crippen LogP contribution is -2.42. The molecule has 0 spiro atoms. The Labute approximate surface area is 158 Å². The minimum atomic E-state index is -0.0549. The molecule has 1 aromatic carbocycles. The lowest BCUT2D eigenvalue weighted by molar-refractivity contribution is 0.196. The van der Waals surface area contributed by atoms with Gasteiger partial charge in [0, 0.05) is 30.0 Å². The third kappa shape index (κ3) is 4.97. The van der Waals surface area contributed by atoms with Crippen LogP contribution in [0, 0.1) is 0 Å². The number of likely N-dealkylation sites (tertiary alicyclic amines) is 1. The number of amides is 2. The van der Waals surface area contributed by atoms with E-state index in [2.05, 4.69) is 27.7 Å². The van der Waals surface area contributed by atoms with Gasteiger partial charge in [0.1, 0.15) is 0 Å². The van der Waals surface area contributed by atoms with E-state index in [1.54, 1.807) is 16.2 Å². The van der Waals surface area contributed by atoms with E-state index in [-0.39, 0.29) is 12.1 Å². The monoisotopic (exact) mass is 377 g/mol. The predicted octanol–water partition coefficient (Wildman–Crippen LogP) is 4.38. The SMILES string of the molecule is CN(Cc1cccc(Cl)c1)C(=O)NCC(c1cccs1)N1CCCC1. The van der Waals surface area contributed by atoms with Crippen molar-refractivity contribution in [3.05, 3.63) is 57.2 Å². The molecule has 3 rings (SSSR count). The Morgan fingerprint density at radius 3 is 2.80 bits per heavy atom. The van der Waals surface area contributed by atoms with Gasteiger partial charge in [-0.3, -0.25) is 4.90 Å². The minimum Gasteiger partial charge on any atom is -0.336 e. The largest absolute Gasteiger partial charge is 0.336 e. The van der Waals surface area contributed by atoms with Crippen molar-refractivity contribution >= 4 is 29.0 Å². The summed E-state index contributed by atoms with van der Waals surface area (Å²) in [6, 6.07) is 12.1. The van der Waals surface area contributed by atoms with Crippen LogP contribution in [0.25, 0.3) is 0 Å². The zero-order valence-corrected chi connectivity index (χ0v) is 16.0. The summed E-state index contributed by atoms with van der Waals surface area (Å²) >= 11 is 7.78. The van der Waals surface area contributed by atoms with E-state index in [4.69, 9.17) is 11.6 Å². The molecule has 6 heteroatoms. The summed E-state index contributed by atoms with van der Waals surface area (Å²) in [7, 11) is 1.81. The lowest BCUT2D eigenvalue weighted by atomic mass is 10.2. The van der Waals surface area contributed by atoms with Crippen molar-refractivity contribution in [2.24, 2.45) is 0 Å². The Bertz CT molecular complexity index is 686. The van der Waals surface area contributed by atoms with Crippen LogP contribution >= 0.6 is 22.9 Å². The van der Waals surface area contributed by atoms with Gasteiger partial charge in [0.25, 0.3) is 0 Å². The maximum Gasteiger partial charge on any atom is 0.317 e. The molecular weight excluding hydrogens is 354 g/mol. The highest BCUT2D eigenvalue weighted by Crippen LogP contribution is 2.27.